The van der Waals surface area contributed by atoms with E-state index in [-0.39, 0.29) is 5.56 Å². The third kappa shape index (κ3) is 3.39. The van der Waals surface area contributed by atoms with E-state index in [1.165, 1.54) is 6.20 Å². The second-order valence-electron chi connectivity index (χ2n) is 4.68. The van der Waals surface area contributed by atoms with Gasteiger partial charge in [0.05, 0.1) is 11.6 Å². The topological polar surface area (TPSA) is 37.8 Å². The van der Waals surface area contributed by atoms with Crippen LogP contribution in [0, 0.1) is 6.92 Å². The molecule has 0 aromatic carbocycles. The van der Waals surface area contributed by atoms with E-state index in [0.717, 1.165) is 23.4 Å². The van der Waals surface area contributed by atoms with Gasteiger partial charge in [-0.1, -0.05) is 6.92 Å². The maximum atomic E-state index is 13.2. The molecule has 1 N–H and O–H groups in total. The number of nitrogens with zero attached hydrogens (tertiary/aromatic N) is 2. The molecular formula is C15H16F3N3. The molecule has 21 heavy (non-hydrogen) atoms. The third-order valence-electron chi connectivity index (χ3n) is 3.27. The van der Waals surface area contributed by atoms with Crippen molar-refractivity contribution in [3.05, 3.63) is 59.2 Å². The molecule has 3 nitrogen and oxygen atoms in total. The number of aromatic nitrogens is 2. The molecular weight excluding hydrogens is 279 g/mol. The highest BCUT2D eigenvalue weighted by Crippen LogP contribution is 2.36. The van der Waals surface area contributed by atoms with E-state index in [4.69, 9.17) is 0 Å². The second-order valence-corrected chi connectivity index (χ2v) is 4.68. The van der Waals surface area contributed by atoms with E-state index in [1.807, 2.05) is 13.8 Å². The molecule has 0 spiro atoms. The summed E-state index contributed by atoms with van der Waals surface area (Å²) < 4.78 is 39.6. The second kappa shape index (κ2) is 6.22. The summed E-state index contributed by atoms with van der Waals surface area (Å²) in [6.45, 7) is 4.23. The van der Waals surface area contributed by atoms with Crippen molar-refractivity contribution in [1.82, 2.24) is 15.3 Å². The van der Waals surface area contributed by atoms with Crippen LogP contribution in [0.4, 0.5) is 13.2 Å². The molecule has 2 heterocycles. The number of pyridine rings is 2. The average molecular weight is 295 g/mol. The van der Waals surface area contributed by atoms with E-state index in [1.54, 1.807) is 18.5 Å². The fourth-order valence-electron chi connectivity index (χ4n) is 2.26. The zero-order chi connectivity index (χ0) is 15.5. The van der Waals surface area contributed by atoms with Crippen molar-refractivity contribution in [3.63, 3.8) is 0 Å². The van der Waals surface area contributed by atoms with Crippen LogP contribution in [0.25, 0.3) is 0 Å². The Morgan fingerprint density at radius 1 is 1.10 bits per heavy atom. The zero-order valence-electron chi connectivity index (χ0n) is 11.8. The Bertz CT molecular complexity index is 611. The average Bonchev–Trinajstić information content (AvgIpc) is 2.45. The first-order valence-corrected chi connectivity index (χ1v) is 6.60. The Morgan fingerprint density at radius 3 is 2.29 bits per heavy atom. The van der Waals surface area contributed by atoms with Crippen LogP contribution in [-0.4, -0.2) is 16.5 Å². The van der Waals surface area contributed by atoms with Gasteiger partial charge in [0, 0.05) is 30.4 Å². The molecule has 2 aromatic heterocycles. The van der Waals surface area contributed by atoms with Crippen LogP contribution in [0.2, 0.25) is 0 Å². The molecule has 1 atom stereocenters. The molecule has 0 saturated heterocycles. The molecule has 0 saturated carbocycles. The summed E-state index contributed by atoms with van der Waals surface area (Å²) in [5.74, 6) is 0. The van der Waals surface area contributed by atoms with Crippen molar-refractivity contribution in [2.75, 3.05) is 6.54 Å². The van der Waals surface area contributed by atoms with Gasteiger partial charge in [0.1, 0.15) is 0 Å². The smallest absolute Gasteiger partial charge is 0.306 e. The zero-order valence-corrected chi connectivity index (χ0v) is 11.8. The fourth-order valence-corrected chi connectivity index (χ4v) is 2.26. The minimum absolute atomic E-state index is 0.114. The largest absolute Gasteiger partial charge is 0.416 e. The van der Waals surface area contributed by atoms with Crippen LogP contribution in [0.1, 0.15) is 35.2 Å². The van der Waals surface area contributed by atoms with Crippen molar-refractivity contribution in [3.8, 4) is 0 Å². The van der Waals surface area contributed by atoms with Gasteiger partial charge in [0.15, 0.2) is 0 Å². The van der Waals surface area contributed by atoms with Crippen molar-refractivity contribution in [2.24, 2.45) is 0 Å². The number of aryl methyl sites for hydroxylation is 1. The van der Waals surface area contributed by atoms with Crippen LogP contribution in [-0.2, 0) is 6.18 Å². The van der Waals surface area contributed by atoms with E-state index in [0.29, 0.717) is 6.54 Å². The molecule has 0 aliphatic carbocycles. The normalized spacial score (nSPS) is 13.2. The first kappa shape index (κ1) is 15.4. The van der Waals surface area contributed by atoms with Gasteiger partial charge in [-0.25, -0.2) is 0 Å². The van der Waals surface area contributed by atoms with Gasteiger partial charge in [-0.3, -0.25) is 9.97 Å². The van der Waals surface area contributed by atoms with E-state index >= 15 is 0 Å². The summed E-state index contributed by atoms with van der Waals surface area (Å²) in [6, 6.07) is 2.20. The molecule has 112 valence electrons. The predicted octanol–water partition coefficient (Wildman–Crippen LogP) is 3.50. The van der Waals surface area contributed by atoms with Gasteiger partial charge in [-0.15, -0.1) is 0 Å². The van der Waals surface area contributed by atoms with Crippen molar-refractivity contribution in [1.29, 1.82) is 0 Å². The lowest BCUT2D eigenvalue weighted by Crippen LogP contribution is -2.26. The molecule has 6 heteroatoms. The molecule has 1 unspecified atom stereocenters. The lowest BCUT2D eigenvalue weighted by Gasteiger charge is -2.23. The van der Waals surface area contributed by atoms with E-state index in [9.17, 15) is 13.2 Å². The van der Waals surface area contributed by atoms with E-state index < -0.39 is 17.8 Å². The van der Waals surface area contributed by atoms with Crippen LogP contribution in [0.15, 0.2) is 36.9 Å². The standard InChI is InChI=1S/C15H16F3N3/c1-3-21-14(11-8-19-6-4-10(11)2)12-9-20-7-5-13(12)15(16,17)18/h4-9,14,21H,3H2,1-2H3. The van der Waals surface area contributed by atoms with Crippen LogP contribution < -0.4 is 5.32 Å². The summed E-state index contributed by atoms with van der Waals surface area (Å²) in [5.41, 5.74) is 1.04. The van der Waals surface area contributed by atoms with Gasteiger partial charge in [-0.2, -0.15) is 13.2 Å². The first-order chi connectivity index (χ1) is 9.95. The number of halogens is 3. The number of alkyl halides is 3. The summed E-state index contributed by atoms with van der Waals surface area (Å²) in [4.78, 5) is 7.88. The van der Waals surface area contributed by atoms with Gasteiger partial charge in [0.2, 0.25) is 0 Å². The summed E-state index contributed by atoms with van der Waals surface area (Å²) >= 11 is 0. The van der Waals surface area contributed by atoms with Gasteiger partial charge < -0.3 is 5.32 Å². The SMILES string of the molecule is CCNC(c1cnccc1C)c1cnccc1C(F)(F)F. The van der Waals surface area contributed by atoms with Crippen molar-refractivity contribution < 1.29 is 13.2 Å². The monoisotopic (exact) mass is 295 g/mol. The molecule has 0 fully saturated rings. The van der Waals surface area contributed by atoms with Gasteiger partial charge in [-0.05, 0) is 36.7 Å². The minimum Gasteiger partial charge on any atom is -0.306 e. The Hall–Kier alpha value is -1.95. The number of rotatable bonds is 4. The quantitative estimate of drug-likeness (QED) is 0.938. The maximum absolute atomic E-state index is 13.2. The predicted molar refractivity (Wildman–Crippen MR) is 73.7 cm³/mol. The Morgan fingerprint density at radius 2 is 1.71 bits per heavy atom. The Labute approximate surface area is 121 Å². The molecule has 0 aliphatic heterocycles. The van der Waals surface area contributed by atoms with Crippen molar-refractivity contribution in [2.45, 2.75) is 26.1 Å². The van der Waals surface area contributed by atoms with Gasteiger partial charge in [0.25, 0.3) is 0 Å². The highest BCUT2D eigenvalue weighted by molar-refractivity contribution is 5.39. The van der Waals surface area contributed by atoms with Crippen LogP contribution in [0.3, 0.4) is 0 Å². The molecule has 0 radical (unpaired) electrons. The molecule has 0 amide bonds. The van der Waals surface area contributed by atoms with Crippen LogP contribution >= 0.6 is 0 Å². The lowest BCUT2D eigenvalue weighted by molar-refractivity contribution is -0.138. The maximum Gasteiger partial charge on any atom is 0.416 e. The summed E-state index contributed by atoms with van der Waals surface area (Å²) in [6.07, 6.45) is 1.22. The van der Waals surface area contributed by atoms with Crippen LogP contribution in [0.5, 0.6) is 0 Å². The molecule has 0 bridgehead atoms. The van der Waals surface area contributed by atoms with Gasteiger partial charge >= 0.3 is 6.18 Å². The highest BCUT2D eigenvalue weighted by Gasteiger charge is 2.35. The molecule has 2 aromatic rings. The third-order valence-corrected chi connectivity index (χ3v) is 3.27. The number of hydrogen-bond donors (Lipinski definition) is 1. The highest BCUT2D eigenvalue weighted by atomic mass is 19.4. The van der Waals surface area contributed by atoms with E-state index in [2.05, 4.69) is 15.3 Å². The Kier molecular flexibility index (Phi) is 4.57. The molecule has 0 aliphatic rings. The minimum atomic E-state index is -4.41. The first-order valence-electron chi connectivity index (χ1n) is 6.60. The lowest BCUT2D eigenvalue weighted by atomic mass is 9.94. The molecule has 2 rings (SSSR count). The fraction of sp³-hybridized carbons (Fsp3) is 0.333. The summed E-state index contributed by atoms with van der Waals surface area (Å²) in [7, 11) is 0. The number of nitrogens with one attached hydrogen (secondary N) is 1. The summed E-state index contributed by atoms with van der Waals surface area (Å²) in [5, 5.41) is 3.09. The number of hydrogen-bond acceptors (Lipinski definition) is 3. The van der Waals surface area contributed by atoms with Crippen molar-refractivity contribution >= 4 is 0 Å². The Balaban J connectivity index is 2.57.